The van der Waals surface area contributed by atoms with Gasteiger partial charge in [-0.1, -0.05) is 12.1 Å². The summed E-state index contributed by atoms with van der Waals surface area (Å²) < 4.78 is 0. The van der Waals surface area contributed by atoms with Crippen LogP contribution in [0.2, 0.25) is 0 Å². The molecule has 1 saturated heterocycles. The maximum atomic E-state index is 4.51. The third-order valence-corrected chi connectivity index (χ3v) is 5.83. The number of anilines is 1. The van der Waals surface area contributed by atoms with Crippen molar-refractivity contribution in [2.24, 2.45) is 0 Å². The average molecular weight is 319 g/mol. The first kappa shape index (κ1) is 14.9. The van der Waals surface area contributed by atoms with Gasteiger partial charge in [-0.15, -0.1) is 11.3 Å². The van der Waals surface area contributed by atoms with Crippen LogP contribution in [0.4, 0.5) is 5.69 Å². The highest BCUT2D eigenvalue weighted by atomic mass is 32.1. The van der Waals surface area contributed by atoms with Gasteiger partial charge in [-0.2, -0.15) is 12.6 Å². The number of thiophene rings is 1. The second-order valence-electron chi connectivity index (χ2n) is 5.72. The van der Waals surface area contributed by atoms with E-state index in [0.29, 0.717) is 5.25 Å². The molecule has 3 rings (SSSR count). The molecule has 1 aromatic carbocycles. The van der Waals surface area contributed by atoms with E-state index in [-0.39, 0.29) is 0 Å². The van der Waals surface area contributed by atoms with Gasteiger partial charge in [-0.25, -0.2) is 0 Å². The minimum Gasteiger partial charge on any atom is -0.369 e. The lowest BCUT2D eigenvalue weighted by atomic mass is 10.1. The molecule has 0 amide bonds. The number of likely N-dealkylation sites (N-methyl/N-ethyl adjacent to an activating group) is 1. The fraction of sp³-hybridized carbons (Fsp3) is 0.412. The van der Waals surface area contributed by atoms with Gasteiger partial charge in [0, 0.05) is 46.9 Å². The molecule has 2 heterocycles. The summed E-state index contributed by atoms with van der Waals surface area (Å²) in [5, 5.41) is 0.313. The summed E-state index contributed by atoms with van der Waals surface area (Å²) in [5.74, 6) is 0. The van der Waals surface area contributed by atoms with Crippen LogP contribution in [-0.2, 0) is 0 Å². The van der Waals surface area contributed by atoms with Crippen LogP contribution < -0.4 is 4.90 Å². The van der Waals surface area contributed by atoms with E-state index >= 15 is 0 Å². The topological polar surface area (TPSA) is 6.48 Å². The van der Waals surface area contributed by atoms with E-state index in [1.165, 1.54) is 21.0 Å². The Kier molecular flexibility index (Phi) is 4.57. The third kappa shape index (κ3) is 3.44. The molecule has 0 N–H and O–H groups in total. The summed E-state index contributed by atoms with van der Waals surface area (Å²) in [4.78, 5) is 7.52. The Balaban J connectivity index is 1.74. The summed E-state index contributed by atoms with van der Waals surface area (Å²) in [6, 6.07) is 13.4. The molecule has 1 aliphatic rings. The van der Waals surface area contributed by atoms with Crippen LogP contribution in [0.1, 0.15) is 17.1 Å². The average Bonchev–Trinajstić information content (AvgIpc) is 2.98. The van der Waals surface area contributed by atoms with Crippen molar-refractivity contribution in [3.05, 3.63) is 41.3 Å². The van der Waals surface area contributed by atoms with Crippen molar-refractivity contribution in [1.29, 1.82) is 0 Å². The van der Waals surface area contributed by atoms with Gasteiger partial charge in [0.1, 0.15) is 0 Å². The fourth-order valence-electron chi connectivity index (χ4n) is 2.63. The molecule has 2 aromatic rings. The molecule has 0 aliphatic carbocycles. The fourth-order valence-corrected chi connectivity index (χ4v) is 3.83. The Hall–Kier alpha value is -0.970. The highest BCUT2D eigenvalue weighted by Gasteiger charge is 2.14. The van der Waals surface area contributed by atoms with Crippen LogP contribution in [0, 0.1) is 0 Å². The van der Waals surface area contributed by atoms with Gasteiger partial charge in [0.15, 0.2) is 0 Å². The minimum atomic E-state index is 0.313. The summed E-state index contributed by atoms with van der Waals surface area (Å²) in [7, 11) is 2.19. The van der Waals surface area contributed by atoms with Crippen LogP contribution in [0.15, 0.2) is 36.4 Å². The highest BCUT2D eigenvalue weighted by molar-refractivity contribution is 7.80. The van der Waals surface area contributed by atoms with Gasteiger partial charge < -0.3 is 9.80 Å². The van der Waals surface area contributed by atoms with E-state index in [1.807, 2.05) is 11.3 Å². The molecule has 1 fully saturated rings. The van der Waals surface area contributed by atoms with Crippen LogP contribution in [0.5, 0.6) is 0 Å². The normalized spacial score (nSPS) is 18.0. The Morgan fingerprint density at radius 3 is 2.24 bits per heavy atom. The molecule has 0 saturated carbocycles. The van der Waals surface area contributed by atoms with E-state index in [4.69, 9.17) is 0 Å². The SMILES string of the molecule is CC(S)c1ccc(-c2ccc(N3CCN(C)CC3)cc2)s1. The number of benzene rings is 1. The van der Waals surface area contributed by atoms with E-state index in [1.54, 1.807) is 0 Å². The van der Waals surface area contributed by atoms with Crippen LogP contribution in [0.3, 0.4) is 0 Å². The summed E-state index contributed by atoms with van der Waals surface area (Å²) in [5.41, 5.74) is 2.64. The number of hydrogen-bond donors (Lipinski definition) is 1. The van der Waals surface area contributed by atoms with Crippen LogP contribution in [0.25, 0.3) is 10.4 Å². The Bertz CT molecular complexity index is 581. The summed E-state index contributed by atoms with van der Waals surface area (Å²) >= 11 is 6.35. The van der Waals surface area contributed by atoms with Crippen molar-refractivity contribution in [2.45, 2.75) is 12.2 Å². The molecule has 1 atom stereocenters. The molecule has 2 nitrogen and oxygen atoms in total. The molecule has 1 aromatic heterocycles. The zero-order valence-corrected chi connectivity index (χ0v) is 14.3. The number of thiol groups is 1. The van der Waals surface area contributed by atoms with Crippen molar-refractivity contribution in [3.63, 3.8) is 0 Å². The molecule has 0 radical (unpaired) electrons. The Morgan fingerprint density at radius 1 is 1.00 bits per heavy atom. The van der Waals surface area contributed by atoms with Gasteiger partial charge in [-0.3, -0.25) is 0 Å². The van der Waals surface area contributed by atoms with Crippen molar-refractivity contribution in [2.75, 3.05) is 38.1 Å². The van der Waals surface area contributed by atoms with Crippen LogP contribution in [-0.4, -0.2) is 38.1 Å². The number of piperazine rings is 1. The van der Waals surface area contributed by atoms with E-state index in [2.05, 4.69) is 72.8 Å². The molecular formula is C17H22N2S2. The van der Waals surface area contributed by atoms with E-state index in [0.717, 1.165) is 26.2 Å². The molecule has 1 unspecified atom stereocenters. The standard InChI is InChI=1S/C17H22N2S2/c1-13(20)16-7-8-17(21-16)14-3-5-15(6-4-14)19-11-9-18(2)10-12-19/h3-8,13,20H,9-12H2,1-2H3. The first-order chi connectivity index (χ1) is 10.1. The summed E-state index contributed by atoms with van der Waals surface area (Å²) in [6.07, 6.45) is 0. The smallest absolute Gasteiger partial charge is 0.0367 e. The van der Waals surface area contributed by atoms with Crippen molar-refractivity contribution in [3.8, 4) is 10.4 Å². The highest BCUT2D eigenvalue weighted by Crippen LogP contribution is 2.34. The predicted molar refractivity (Wildman–Crippen MR) is 96.9 cm³/mol. The van der Waals surface area contributed by atoms with Gasteiger partial charge in [0.25, 0.3) is 0 Å². The molecule has 21 heavy (non-hydrogen) atoms. The zero-order chi connectivity index (χ0) is 14.8. The minimum absolute atomic E-state index is 0.313. The quantitative estimate of drug-likeness (QED) is 0.849. The number of rotatable bonds is 3. The van der Waals surface area contributed by atoms with Crippen molar-refractivity contribution in [1.82, 2.24) is 4.90 Å². The van der Waals surface area contributed by atoms with Gasteiger partial charge in [-0.05, 0) is 43.8 Å². The third-order valence-electron chi connectivity index (χ3n) is 4.06. The number of hydrogen-bond acceptors (Lipinski definition) is 4. The largest absolute Gasteiger partial charge is 0.369 e. The van der Waals surface area contributed by atoms with E-state index in [9.17, 15) is 0 Å². The first-order valence-corrected chi connectivity index (χ1v) is 8.78. The van der Waals surface area contributed by atoms with Crippen LogP contribution >= 0.6 is 24.0 Å². The van der Waals surface area contributed by atoms with E-state index < -0.39 is 0 Å². The molecule has 112 valence electrons. The second kappa shape index (κ2) is 6.42. The van der Waals surface area contributed by atoms with Gasteiger partial charge in [0.2, 0.25) is 0 Å². The predicted octanol–water partition coefficient (Wildman–Crippen LogP) is 4.16. The Labute approximate surface area is 136 Å². The molecule has 0 spiro atoms. The molecule has 4 heteroatoms. The maximum absolute atomic E-state index is 4.51. The van der Waals surface area contributed by atoms with Crippen molar-refractivity contribution >= 4 is 29.7 Å². The molecule has 1 aliphatic heterocycles. The zero-order valence-electron chi connectivity index (χ0n) is 12.6. The lowest BCUT2D eigenvalue weighted by Gasteiger charge is -2.34. The number of nitrogens with zero attached hydrogens (tertiary/aromatic N) is 2. The second-order valence-corrected chi connectivity index (χ2v) is 7.61. The maximum Gasteiger partial charge on any atom is 0.0367 e. The van der Waals surface area contributed by atoms with Gasteiger partial charge in [0.05, 0.1) is 0 Å². The van der Waals surface area contributed by atoms with Gasteiger partial charge >= 0.3 is 0 Å². The molecule has 0 bridgehead atoms. The lowest BCUT2D eigenvalue weighted by molar-refractivity contribution is 0.313. The Morgan fingerprint density at radius 2 is 1.67 bits per heavy atom. The monoisotopic (exact) mass is 318 g/mol. The molecular weight excluding hydrogens is 296 g/mol. The lowest BCUT2D eigenvalue weighted by Crippen LogP contribution is -2.44. The first-order valence-electron chi connectivity index (χ1n) is 7.45. The van der Waals surface area contributed by atoms with Crippen molar-refractivity contribution < 1.29 is 0 Å². The summed E-state index contributed by atoms with van der Waals surface area (Å²) in [6.45, 7) is 6.66.